The van der Waals surface area contributed by atoms with Crippen LogP contribution in [0.15, 0.2) is 0 Å². The SMILES string of the molecule is CCCCCOCC(CO[C@@H]1O[C@H](C(O)C(C)=O)[C@](O)(C(C)=O)[C@@](O)(C(C)=O)[C@]1(O)C(C)=O)OCCCCC. The number of ketones is 4. The van der Waals surface area contributed by atoms with Crippen LogP contribution in [-0.2, 0) is 38.1 Å². The van der Waals surface area contributed by atoms with Crippen molar-refractivity contribution in [1.82, 2.24) is 0 Å². The van der Waals surface area contributed by atoms with Crippen LogP contribution in [0.4, 0.5) is 0 Å². The molecule has 0 spiro atoms. The first-order chi connectivity index (χ1) is 18.2. The van der Waals surface area contributed by atoms with E-state index in [1.807, 2.05) is 6.92 Å². The zero-order valence-corrected chi connectivity index (χ0v) is 23.9. The van der Waals surface area contributed by atoms with E-state index in [1.165, 1.54) is 0 Å². The zero-order valence-electron chi connectivity index (χ0n) is 23.9. The number of hydrogen-bond acceptors (Lipinski definition) is 12. The molecule has 0 bridgehead atoms. The van der Waals surface area contributed by atoms with Gasteiger partial charge in [-0.1, -0.05) is 39.5 Å². The topological polar surface area (TPSA) is 186 Å². The van der Waals surface area contributed by atoms with Crippen LogP contribution >= 0.6 is 0 Å². The van der Waals surface area contributed by atoms with E-state index in [9.17, 15) is 39.6 Å². The molecular formula is C27H46O12. The number of aliphatic hydroxyl groups is 4. The molecule has 1 saturated heterocycles. The van der Waals surface area contributed by atoms with Crippen molar-refractivity contribution in [3.63, 3.8) is 0 Å². The van der Waals surface area contributed by atoms with Gasteiger partial charge >= 0.3 is 0 Å². The normalized spacial score (nSPS) is 30.5. The lowest BCUT2D eigenvalue weighted by atomic mass is 9.60. The van der Waals surface area contributed by atoms with E-state index in [-0.39, 0.29) is 13.2 Å². The van der Waals surface area contributed by atoms with Crippen LogP contribution in [0.2, 0.25) is 0 Å². The van der Waals surface area contributed by atoms with Gasteiger partial charge in [-0.05, 0) is 40.5 Å². The number of aliphatic hydroxyl groups excluding tert-OH is 1. The molecule has 0 aliphatic carbocycles. The predicted octanol–water partition coefficient (Wildman–Crippen LogP) is 0.420. The van der Waals surface area contributed by atoms with Crippen LogP contribution in [-0.4, -0.2) is 111 Å². The van der Waals surface area contributed by atoms with E-state index in [0.29, 0.717) is 13.2 Å². The molecule has 0 aromatic heterocycles. The van der Waals surface area contributed by atoms with E-state index in [0.717, 1.165) is 66.2 Å². The Morgan fingerprint density at radius 3 is 1.79 bits per heavy atom. The highest BCUT2D eigenvalue weighted by Crippen LogP contribution is 2.47. The van der Waals surface area contributed by atoms with Gasteiger partial charge < -0.3 is 39.4 Å². The maximum absolute atomic E-state index is 12.8. The number of carbonyl (C=O) groups excluding carboxylic acids is 4. The third-order valence-corrected chi connectivity index (χ3v) is 7.14. The van der Waals surface area contributed by atoms with Gasteiger partial charge in [-0.3, -0.25) is 19.2 Å². The second kappa shape index (κ2) is 15.4. The van der Waals surface area contributed by atoms with Crippen molar-refractivity contribution in [3.8, 4) is 0 Å². The molecule has 1 rings (SSSR count). The maximum Gasteiger partial charge on any atom is 0.213 e. The lowest BCUT2D eigenvalue weighted by molar-refractivity contribution is -0.375. The maximum atomic E-state index is 12.8. The van der Waals surface area contributed by atoms with Gasteiger partial charge in [0.05, 0.1) is 13.2 Å². The highest BCUT2D eigenvalue weighted by molar-refractivity contribution is 6.05. The molecule has 0 aromatic rings. The highest BCUT2D eigenvalue weighted by Gasteiger charge is 2.79. The van der Waals surface area contributed by atoms with Gasteiger partial charge in [0.15, 0.2) is 35.0 Å². The summed E-state index contributed by atoms with van der Waals surface area (Å²) in [6.07, 6.45) is -1.96. The molecule has 1 heterocycles. The van der Waals surface area contributed by atoms with Crippen molar-refractivity contribution >= 4 is 23.1 Å². The minimum absolute atomic E-state index is 0.0783. The van der Waals surface area contributed by atoms with Crippen LogP contribution in [0.1, 0.15) is 80.1 Å². The number of hydrogen-bond donors (Lipinski definition) is 4. The molecule has 4 N–H and O–H groups in total. The summed E-state index contributed by atoms with van der Waals surface area (Å²) in [5.41, 5.74) is -10.2. The number of ether oxygens (including phenoxy) is 4. The van der Waals surface area contributed by atoms with Crippen molar-refractivity contribution in [2.24, 2.45) is 0 Å². The van der Waals surface area contributed by atoms with Gasteiger partial charge in [0, 0.05) is 13.2 Å². The van der Waals surface area contributed by atoms with E-state index < -0.39 is 64.5 Å². The summed E-state index contributed by atoms with van der Waals surface area (Å²) in [6.45, 7) is 7.86. The first kappa shape index (κ1) is 35.4. The van der Waals surface area contributed by atoms with E-state index in [2.05, 4.69) is 6.92 Å². The second-order valence-electron chi connectivity index (χ2n) is 10.2. The van der Waals surface area contributed by atoms with Crippen LogP contribution in [0, 0.1) is 0 Å². The van der Waals surface area contributed by atoms with Crippen molar-refractivity contribution in [1.29, 1.82) is 0 Å². The minimum Gasteiger partial charge on any atom is -0.382 e. The first-order valence-electron chi connectivity index (χ1n) is 13.5. The molecule has 12 nitrogen and oxygen atoms in total. The monoisotopic (exact) mass is 562 g/mol. The molecule has 7 atom stereocenters. The molecular weight excluding hydrogens is 516 g/mol. The number of carbonyl (C=O) groups is 4. The Morgan fingerprint density at radius 2 is 1.33 bits per heavy atom. The Bertz CT molecular complexity index is 847. The molecule has 0 radical (unpaired) electrons. The Labute approximate surface area is 229 Å². The summed E-state index contributed by atoms with van der Waals surface area (Å²) in [7, 11) is 0. The Kier molecular flexibility index (Phi) is 14.0. The molecule has 2 unspecified atom stereocenters. The van der Waals surface area contributed by atoms with Gasteiger partial charge in [0.2, 0.25) is 11.2 Å². The van der Waals surface area contributed by atoms with Crippen molar-refractivity contribution in [3.05, 3.63) is 0 Å². The Balaban J connectivity index is 3.43. The van der Waals surface area contributed by atoms with Crippen molar-refractivity contribution in [2.45, 2.75) is 121 Å². The predicted molar refractivity (Wildman–Crippen MR) is 138 cm³/mol. The largest absolute Gasteiger partial charge is 0.382 e. The standard InChI is InChI=1S/C27H46O12/c1-7-9-11-13-36-15-21(37-14-12-10-8-2)16-38-24-26(34,19(5)30)27(35,20(6)31)25(33,18(4)29)23(39-24)22(32)17(3)28/h21-24,32-35H,7-16H2,1-6H3/t21?,22?,23-,24-,25-,26+,27+/m1/s1. The summed E-state index contributed by atoms with van der Waals surface area (Å²) < 4.78 is 22.7. The fraction of sp³-hybridized carbons (Fsp3) is 0.852. The summed E-state index contributed by atoms with van der Waals surface area (Å²) in [6, 6.07) is 0. The zero-order chi connectivity index (χ0) is 30.0. The quantitative estimate of drug-likeness (QED) is 0.159. The second-order valence-corrected chi connectivity index (χ2v) is 10.2. The smallest absolute Gasteiger partial charge is 0.213 e. The number of unbranched alkanes of at least 4 members (excludes halogenated alkanes) is 4. The summed E-state index contributed by atoms with van der Waals surface area (Å²) >= 11 is 0. The fourth-order valence-electron chi connectivity index (χ4n) is 4.70. The third kappa shape index (κ3) is 7.36. The van der Waals surface area contributed by atoms with Gasteiger partial charge in [-0.25, -0.2) is 0 Å². The Hall–Kier alpha value is -1.64. The van der Waals surface area contributed by atoms with Crippen LogP contribution in [0.3, 0.4) is 0 Å². The van der Waals surface area contributed by atoms with Crippen LogP contribution in [0.25, 0.3) is 0 Å². The average molecular weight is 563 g/mol. The van der Waals surface area contributed by atoms with Gasteiger partial charge in [-0.2, -0.15) is 0 Å². The molecule has 226 valence electrons. The highest BCUT2D eigenvalue weighted by atomic mass is 16.7. The van der Waals surface area contributed by atoms with E-state index in [1.54, 1.807) is 0 Å². The minimum atomic E-state index is -3.55. The molecule has 0 saturated carbocycles. The molecule has 1 aliphatic rings. The molecule has 0 aromatic carbocycles. The third-order valence-electron chi connectivity index (χ3n) is 7.14. The first-order valence-corrected chi connectivity index (χ1v) is 13.5. The number of rotatable bonds is 19. The van der Waals surface area contributed by atoms with Crippen molar-refractivity contribution < 1.29 is 58.6 Å². The lowest BCUT2D eigenvalue weighted by Gasteiger charge is -2.58. The molecule has 12 heteroatoms. The van der Waals surface area contributed by atoms with Gasteiger partial charge in [0.1, 0.15) is 18.3 Å². The summed E-state index contributed by atoms with van der Waals surface area (Å²) in [4.78, 5) is 50.3. The Morgan fingerprint density at radius 1 is 0.795 bits per heavy atom. The molecule has 39 heavy (non-hydrogen) atoms. The van der Waals surface area contributed by atoms with Gasteiger partial charge in [0.25, 0.3) is 0 Å². The molecule has 1 fully saturated rings. The lowest BCUT2D eigenvalue weighted by Crippen LogP contribution is -2.87. The van der Waals surface area contributed by atoms with Crippen LogP contribution < -0.4 is 0 Å². The summed E-state index contributed by atoms with van der Waals surface area (Å²) in [5.74, 6) is -4.96. The number of Topliss-reactive ketones (excluding diaryl/α,β-unsaturated/α-hetero) is 4. The fourth-order valence-corrected chi connectivity index (χ4v) is 4.70. The summed E-state index contributed by atoms with van der Waals surface area (Å²) in [5, 5.41) is 45.0. The van der Waals surface area contributed by atoms with Crippen LogP contribution in [0.5, 0.6) is 0 Å². The average Bonchev–Trinajstić information content (AvgIpc) is 2.87. The molecule has 0 amide bonds. The van der Waals surface area contributed by atoms with E-state index >= 15 is 0 Å². The van der Waals surface area contributed by atoms with Gasteiger partial charge in [-0.15, -0.1) is 0 Å². The van der Waals surface area contributed by atoms with E-state index in [4.69, 9.17) is 18.9 Å². The molecule has 1 aliphatic heterocycles. The van der Waals surface area contributed by atoms with Crippen molar-refractivity contribution in [2.75, 3.05) is 26.4 Å².